The molecule has 0 unspecified atom stereocenters. The van der Waals surface area contributed by atoms with Crippen LogP contribution in [0.4, 0.5) is 15.8 Å². The Hall–Kier alpha value is -2.72. The highest BCUT2D eigenvalue weighted by molar-refractivity contribution is 7.88. The Balaban J connectivity index is 1.65. The van der Waals surface area contributed by atoms with Gasteiger partial charge in [0.05, 0.1) is 23.8 Å². The summed E-state index contributed by atoms with van der Waals surface area (Å²) in [6.07, 6.45) is 3.33. The highest BCUT2D eigenvalue weighted by Crippen LogP contribution is 2.24. The lowest BCUT2D eigenvalue weighted by Gasteiger charge is -2.29. The summed E-state index contributed by atoms with van der Waals surface area (Å²) in [7, 11) is -3.26. The smallest absolute Gasteiger partial charge is 0.259 e. The van der Waals surface area contributed by atoms with Crippen molar-refractivity contribution in [1.82, 2.24) is 4.31 Å². The van der Waals surface area contributed by atoms with Crippen molar-refractivity contribution in [1.29, 1.82) is 0 Å². The molecule has 2 N–H and O–H groups in total. The number of sulfonamides is 1. The number of furan rings is 1. The van der Waals surface area contributed by atoms with E-state index in [2.05, 4.69) is 10.6 Å². The summed E-state index contributed by atoms with van der Waals surface area (Å²) in [4.78, 5) is 24.8. The molecule has 1 saturated heterocycles. The molecule has 2 aromatic rings. The van der Waals surface area contributed by atoms with Crippen molar-refractivity contribution in [2.75, 3.05) is 30.0 Å². The normalized spacial score (nSPS) is 15.8. The van der Waals surface area contributed by atoms with E-state index in [1.165, 1.54) is 28.8 Å². The number of halogens is 1. The highest BCUT2D eigenvalue weighted by Gasteiger charge is 2.29. The Labute approximate surface area is 168 Å². The van der Waals surface area contributed by atoms with E-state index >= 15 is 0 Å². The van der Waals surface area contributed by atoms with Crippen LogP contribution in [0, 0.1) is 18.7 Å². The van der Waals surface area contributed by atoms with E-state index in [-0.39, 0.29) is 36.2 Å². The second-order valence-electron chi connectivity index (χ2n) is 6.96. The van der Waals surface area contributed by atoms with Gasteiger partial charge in [-0.25, -0.2) is 17.1 Å². The Kier molecular flexibility index (Phi) is 6.04. The van der Waals surface area contributed by atoms with E-state index < -0.39 is 21.7 Å². The predicted molar refractivity (Wildman–Crippen MR) is 106 cm³/mol. The number of aryl methyl sites for hydroxylation is 1. The monoisotopic (exact) mass is 423 g/mol. The number of nitrogens with one attached hydrogen (secondary N) is 2. The minimum atomic E-state index is -3.26. The molecule has 2 amide bonds. The fraction of sp³-hybridized carbons (Fsp3) is 0.368. The lowest BCUT2D eigenvalue weighted by molar-refractivity contribution is -0.120. The van der Waals surface area contributed by atoms with Crippen LogP contribution in [0.5, 0.6) is 0 Å². The first-order valence-corrected chi connectivity index (χ1v) is 10.9. The second kappa shape index (κ2) is 8.34. The van der Waals surface area contributed by atoms with Crippen LogP contribution in [0.3, 0.4) is 0 Å². The first-order chi connectivity index (χ1) is 13.6. The Morgan fingerprint density at radius 3 is 2.45 bits per heavy atom. The number of anilines is 2. The van der Waals surface area contributed by atoms with Gasteiger partial charge in [0.1, 0.15) is 11.6 Å². The van der Waals surface area contributed by atoms with Gasteiger partial charge in [0.2, 0.25) is 15.9 Å². The molecule has 1 aromatic carbocycles. The van der Waals surface area contributed by atoms with Crippen LogP contribution in [0.15, 0.2) is 34.9 Å². The van der Waals surface area contributed by atoms with E-state index in [4.69, 9.17) is 4.42 Å². The van der Waals surface area contributed by atoms with Crippen molar-refractivity contribution in [3.8, 4) is 0 Å². The lowest BCUT2D eigenvalue weighted by Crippen LogP contribution is -2.40. The molecule has 0 atom stereocenters. The summed E-state index contributed by atoms with van der Waals surface area (Å²) in [5.74, 6) is -1.36. The first-order valence-electron chi connectivity index (χ1n) is 9.06. The molecule has 1 fully saturated rings. The molecular formula is C19H22FN3O5S. The van der Waals surface area contributed by atoms with Crippen LogP contribution in [-0.4, -0.2) is 43.9 Å². The SMILES string of the molecule is Cc1occc1C(=O)Nc1cc(NC(=O)C2CCN(S(C)(=O)=O)CC2)ccc1F. The first kappa shape index (κ1) is 21.0. The van der Waals surface area contributed by atoms with Crippen molar-refractivity contribution < 1.29 is 26.8 Å². The molecule has 0 saturated carbocycles. The van der Waals surface area contributed by atoms with E-state index in [0.717, 1.165) is 12.3 Å². The van der Waals surface area contributed by atoms with Crippen molar-refractivity contribution in [3.63, 3.8) is 0 Å². The Morgan fingerprint density at radius 1 is 1.17 bits per heavy atom. The standard InChI is InChI=1S/C19H22FN3O5S/c1-12-15(7-10-28-12)19(25)22-17-11-14(3-4-16(17)20)21-18(24)13-5-8-23(9-6-13)29(2,26)27/h3-4,7,10-11,13H,5-6,8-9H2,1-2H3,(H,21,24)(H,22,25). The van der Waals surface area contributed by atoms with Gasteiger partial charge in [-0.15, -0.1) is 0 Å². The number of carbonyl (C=O) groups is 2. The molecule has 1 aliphatic heterocycles. The maximum atomic E-state index is 14.1. The summed E-state index contributed by atoms with van der Waals surface area (Å²) >= 11 is 0. The topological polar surface area (TPSA) is 109 Å². The quantitative estimate of drug-likeness (QED) is 0.768. The van der Waals surface area contributed by atoms with Gasteiger partial charge in [-0.3, -0.25) is 9.59 Å². The maximum Gasteiger partial charge on any atom is 0.259 e. The zero-order valence-corrected chi connectivity index (χ0v) is 16.9. The van der Waals surface area contributed by atoms with E-state index in [0.29, 0.717) is 24.3 Å². The average Bonchev–Trinajstić information content (AvgIpc) is 3.10. The molecule has 1 aromatic heterocycles. The maximum absolute atomic E-state index is 14.1. The van der Waals surface area contributed by atoms with Crippen LogP contribution in [-0.2, 0) is 14.8 Å². The molecule has 0 bridgehead atoms. The molecular weight excluding hydrogens is 401 g/mol. The van der Waals surface area contributed by atoms with Gasteiger partial charge in [-0.1, -0.05) is 0 Å². The van der Waals surface area contributed by atoms with Gasteiger partial charge in [-0.05, 0) is 44.0 Å². The Bertz CT molecular complexity index is 1030. The summed E-state index contributed by atoms with van der Waals surface area (Å²) < 4.78 is 43.7. The fourth-order valence-corrected chi connectivity index (χ4v) is 4.08. The third-order valence-electron chi connectivity index (χ3n) is 4.88. The number of carbonyl (C=O) groups excluding carboxylic acids is 2. The summed E-state index contributed by atoms with van der Waals surface area (Å²) in [5, 5.41) is 5.18. The van der Waals surface area contributed by atoms with Crippen LogP contribution in [0.2, 0.25) is 0 Å². The number of hydrogen-bond acceptors (Lipinski definition) is 5. The minimum absolute atomic E-state index is 0.0692. The molecule has 3 rings (SSSR count). The zero-order chi connectivity index (χ0) is 21.2. The number of piperidine rings is 1. The van der Waals surface area contributed by atoms with Gasteiger partial charge in [0, 0.05) is 24.7 Å². The van der Waals surface area contributed by atoms with Crippen molar-refractivity contribution >= 4 is 33.2 Å². The minimum Gasteiger partial charge on any atom is -0.469 e. The summed E-state index contributed by atoms with van der Waals surface area (Å²) in [5.41, 5.74) is 0.554. The molecule has 8 nitrogen and oxygen atoms in total. The van der Waals surface area contributed by atoms with Gasteiger partial charge in [0.25, 0.3) is 5.91 Å². The molecule has 156 valence electrons. The lowest BCUT2D eigenvalue weighted by atomic mass is 9.97. The molecule has 10 heteroatoms. The average molecular weight is 423 g/mol. The number of nitrogens with zero attached hydrogens (tertiary/aromatic N) is 1. The highest BCUT2D eigenvalue weighted by atomic mass is 32.2. The number of rotatable bonds is 5. The van der Waals surface area contributed by atoms with Crippen molar-refractivity contribution in [2.45, 2.75) is 19.8 Å². The fourth-order valence-electron chi connectivity index (χ4n) is 3.20. The van der Waals surface area contributed by atoms with Gasteiger partial charge in [-0.2, -0.15) is 0 Å². The summed E-state index contributed by atoms with van der Waals surface area (Å²) in [6, 6.07) is 5.38. The predicted octanol–water partition coefficient (Wildman–Crippen LogP) is 2.59. The van der Waals surface area contributed by atoms with Crippen molar-refractivity contribution in [3.05, 3.63) is 47.7 Å². The van der Waals surface area contributed by atoms with Gasteiger partial charge >= 0.3 is 0 Å². The summed E-state index contributed by atoms with van der Waals surface area (Å²) in [6.45, 7) is 2.19. The van der Waals surface area contributed by atoms with Crippen LogP contribution in [0.25, 0.3) is 0 Å². The van der Waals surface area contributed by atoms with Crippen LogP contribution in [0.1, 0.15) is 29.0 Å². The van der Waals surface area contributed by atoms with Gasteiger partial charge < -0.3 is 15.1 Å². The van der Waals surface area contributed by atoms with E-state index in [1.807, 2.05) is 0 Å². The molecule has 1 aliphatic rings. The number of amides is 2. The molecule has 0 spiro atoms. The molecule has 29 heavy (non-hydrogen) atoms. The number of hydrogen-bond donors (Lipinski definition) is 2. The third-order valence-corrected chi connectivity index (χ3v) is 6.18. The molecule has 0 aliphatic carbocycles. The van der Waals surface area contributed by atoms with Crippen LogP contribution < -0.4 is 10.6 Å². The Morgan fingerprint density at radius 2 is 1.86 bits per heavy atom. The third kappa shape index (κ3) is 5.01. The number of benzene rings is 1. The molecule has 0 radical (unpaired) electrons. The van der Waals surface area contributed by atoms with Gasteiger partial charge in [0.15, 0.2) is 0 Å². The molecule has 2 heterocycles. The van der Waals surface area contributed by atoms with Crippen LogP contribution >= 0.6 is 0 Å². The van der Waals surface area contributed by atoms with Crippen molar-refractivity contribution in [2.24, 2.45) is 5.92 Å². The van der Waals surface area contributed by atoms with E-state index in [1.54, 1.807) is 6.92 Å². The van der Waals surface area contributed by atoms with E-state index in [9.17, 15) is 22.4 Å². The zero-order valence-electron chi connectivity index (χ0n) is 16.1. The largest absolute Gasteiger partial charge is 0.469 e. The second-order valence-corrected chi connectivity index (χ2v) is 8.95.